The maximum Gasteiger partial charge on any atom is 0.277 e. The van der Waals surface area contributed by atoms with Crippen molar-refractivity contribution >= 4 is 28.3 Å². The van der Waals surface area contributed by atoms with Crippen molar-refractivity contribution in [3.05, 3.63) is 29.8 Å². The highest BCUT2D eigenvalue weighted by Crippen LogP contribution is 2.21. The van der Waals surface area contributed by atoms with Gasteiger partial charge in [-0.25, -0.2) is 17.2 Å². The molecule has 0 aromatic heterocycles. The van der Waals surface area contributed by atoms with Crippen LogP contribution in [0, 0.1) is 0 Å². The molecular weight excluding hydrogens is 388 g/mol. The summed E-state index contributed by atoms with van der Waals surface area (Å²) in [6.07, 6.45) is 3.58. The van der Waals surface area contributed by atoms with Gasteiger partial charge in [-0.2, -0.15) is 4.31 Å². The van der Waals surface area contributed by atoms with Crippen molar-refractivity contribution in [1.29, 1.82) is 0 Å². The number of alkyl halides is 2. The summed E-state index contributed by atoms with van der Waals surface area (Å²) in [5.74, 6) is -3.97. The van der Waals surface area contributed by atoms with Crippen LogP contribution in [0.5, 0.6) is 0 Å². The molecule has 0 spiro atoms. The van der Waals surface area contributed by atoms with E-state index >= 15 is 0 Å². The first-order chi connectivity index (χ1) is 11.8. The average molecular weight is 412 g/mol. The van der Waals surface area contributed by atoms with E-state index in [9.17, 15) is 22.0 Å². The monoisotopic (exact) mass is 411 g/mol. The van der Waals surface area contributed by atoms with Crippen LogP contribution in [-0.4, -0.2) is 50.7 Å². The minimum Gasteiger partial charge on any atom is -0.346 e. The molecular formula is C16H24ClF2N3O3S. The molecule has 1 aromatic rings. The molecule has 1 saturated heterocycles. The maximum absolute atomic E-state index is 13.1. The molecule has 0 bridgehead atoms. The Morgan fingerprint density at radius 1 is 1.19 bits per heavy atom. The number of nitrogens with two attached hydrogens (primary N) is 1. The molecule has 1 fully saturated rings. The van der Waals surface area contributed by atoms with Gasteiger partial charge in [0.1, 0.15) is 0 Å². The number of amides is 1. The molecule has 148 valence electrons. The summed E-state index contributed by atoms with van der Waals surface area (Å²) in [5, 5.41) is 2.08. The molecule has 1 amide bonds. The summed E-state index contributed by atoms with van der Waals surface area (Å²) in [4.78, 5) is 12.0. The Kier molecular flexibility index (Phi) is 8.39. The van der Waals surface area contributed by atoms with E-state index in [0.717, 1.165) is 25.7 Å². The predicted octanol–water partition coefficient (Wildman–Crippen LogP) is 2.00. The molecule has 1 heterocycles. The summed E-state index contributed by atoms with van der Waals surface area (Å²) in [6, 6.07) is 5.44. The number of sulfonamides is 1. The molecule has 0 atom stereocenters. The van der Waals surface area contributed by atoms with Gasteiger partial charge in [0.25, 0.3) is 11.8 Å². The quantitative estimate of drug-likeness (QED) is 0.748. The van der Waals surface area contributed by atoms with Crippen LogP contribution in [0.15, 0.2) is 29.2 Å². The van der Waals surface area contributed by atoms with Crippen LogP contribution in [0.4, 0.5) is 8.78 Å². The zero-order valence-corrected chi connectivity index (χ0v) is 15.9. The van der Waals surface area contributed by atoms with E-state index in [1.807, 2.05) is 0 Å². The fourth-order valence-corrected chi connectivity index (χ4v) is 4.18. The second-order valence-electron chi connectivity index (χ2n) is 6.09. The van der Waals surface area contributed by atoms with E-state index in [4.69, 9.17) is 5.73 Å². The molecule has 0 unspecified atom stereocenters. The summed E-state index contributed by atoms with van der Waals surface area (Å²) in [7, 11) is -3.70. The number of nitrogens with zero attached hydrogens (tertiary/aromatic N) is 1. The van der Waals surface area contributed by atoms with Crippen molar-refractivity contribution in [1.82, 2.24) is 9.62 Å². The minimum absolute atomic E-state index is 0. The fourth-order valence-electron chi connectivity index (χ4n) is 2.61. The normalized spacial score (nSPS) is 16.4. The molecule has 0 radical (unpaired) electrons. The van der Waals surface area contributed by atoms with E-state index in [-0.39, 0.29) is 22.9 Å². The average Bonchev–Trinajstić information content (AvgIpc) is 2.90. The van der Waals surface area contributed by atoms with Gasteiger partial charge in [-0.1, -0.05) is 18.9 Å². The van der Waals surface area contributed by atoms with Crippen LogP contribution in [0.25, 0.3) is 0 Å². The van der Waals surface area contributed by atoms with Gasteiger partial charge in [-0.3, -0.25) is 4.79 Å². The number of carbonyl (C=O) groups excluding carboxylic acids is 1. The Morgan fingerprint density at radius 3 is 2.38 bits per heavy atom. The third-order valence-corrected chi connectivity index (χ3v) is 6.00. The summed E-state index contributed by atoms with van der Waals surface area (Å²) in [6.45, 7) is -0.884. The molecule has 10 heteroatoms. The van der Waals surface area contributed by atoms with E-state index in [2.05, 4.69) is 5.32 Å². The number of carbonyl (C=O) groups is 1. The van der Waals surface area contributed by atoms with Gasteiger partial charge < -0.3 is 11.1 Å². The van der Waals surface area contributed by atoms with Gasteiger partial charge >= 0.3 is 0 Å². The summed E-state index contributed by atoms with van der Waals surface area (Å²) in [5.41, 5.74) is 4.94. The van der Waals surface area contributed by atoms with Gasteiger partial charge in [-0.05, 0) is 31.0 Å². The van der Waals surface area contributed by atoms with E-state index in [1.54, 1.807) is 0 Å². The zero-order valence-electron chi connectivity index (χ0n) is 14.3. The lowest BCUT2D eigenvalue weighted by molar-refractivity contribution is 0.0118. The highest BCUT2D eigenvalue weighted by atomic mass is 35.5. The molecule has 3 N–H and O–H groups in total. The van der Waals surface area contributed by atoms with E-state index in [1.165, 1.54) is 28.6 Å². The number of hydrogen-bond donors (Lipinski definition) is 2. The Balaban J connectivity index is 0.00000338. The second kappa shape index (κ2) is 9.59. The standard InChI is InChI=1S/C16H23F2N3O3S.ClH/c17-16(18,11-19)12-20-15(22)13-6-5-7-14(10-13)25(23,24)21-8-3-1-2-4-9-21;/h5-7,10H,1-4,8-9,11-12,19H2,(H,20,22);1H. The maximum atomic E-state index is 13.1. The third-order valence-electron chi connectivity index (χ3n) is 4.11. The third kappa shape index (κ3) is 5.87. The van der Waals surface area contributed by atoms with Crippen LogP contribution in [0.1, 0.15) is 36.0 Å². The van der Waals surface area contributed by atoms with Gasteiger partial charge in [0.05, 0.1) is 18.0 Å². The molecule has 1 aliphatic rings. The number of nitrogens with one attached hydrogen (secondary N) is 1. The van der Waals surface area contributed by atoms with Crippen LogP contribution in [0.3, 0.4) is 0 Å². The van der Waals surface area contributed by atoms with Crippen LogP contribution >= 0.6 is 12.4 Å². The fraction of sp³-hybridized carbons (Fsp3) is 0.562. The van der Waals surface area contributed by atoms with Crippen molar-refractivity contribution in [2.45, 2.75) is 36.5 Å². The Hall–Kier alpha value is -1.29. The lowest BCUT2D eigenvalue weighted by Crippen LogP contribution is -2.41. The SMILES string of the molecule is Cl.NCC(F)(F)CNC(=O)c1cccc(S(=O)(=O)N2CCCCCC2)c1. The van der Waals surface area contributed by atoms with E-state index in [0.29, 0.717) is 13.1 Å². The molecule has 6 nitrogen and oxygen atoms in total. The Morgan fingerprint density at radius 2 is 1.81 bits per heavy atom. The van der Waals surface area contributed by atoms with Crippen LogP contribution in [0.2, 0.25) is 0 Å². The minimum atomic E-state index is -3.70. The van der Waals surface area contributed by atoms with Crippen LogP contribution in [-0.2, 0) is 10.0 Å². The first kappa shape index (κ1) is 22.8. The highest BCUT2D eigenvalue weighted by molar-refractivity contribution is 7.89. The van der Waals surface area contributed by atoms with E-state index < -0.39 is 34.9 Å². The topological polar surface area (TPSA) is 92.5 Å². The molecule has 26 heavy (non-hydrogen) atoms. The predicted molar refractivity (Wildman–Crippen MR) is 97.3 cm³/mol. The number of benzene rings is 1. The molecule has 2 rings (SSSR count). The largest absolute Gasteiger partial charge is 0.346 e. The first-order valence-electron chi connectivity index (χ1n) is 8.22. The van der Waals surface area contributed by atoms with Crippen molar-refractivity contribution in [3.8, 4) is 0 Å². The number of rotatable bonds is 6. The Bertz CT molecular complexity index is 708. The first-order valence-corrected chi connectivity index (χ1v) is 9.66. The van der Waals surface area contributed by atoms with Gasteiger partial charge in [0, 0.05) is 18.7 Å². The summed E-state index contributed by atoms with van der Waals surface area (Å²) < 4.78 is 53.2. The molecule has 0 aliphatic carbocycles. The van der Waals surface area contributed by atoms with Gasteiger partial charge in [0.2, 0.25) is 10.0 Å². The molecule has 1 aromatic carbocycles. The van der Waals surface area contributed by atoms with Crippen molar-refractivity contribution in [3.63, 3.8) is 0 Å². The lowest BCUT2D eigenvalue weighted by Gasteiger charge is -2.20. The Labute approximate surface area is 158 Å². The lowest BCUT2D eigenvalue weighted by atomic mass is 10.2. The smallest absolute Gasteiger partial charge is 0.277 e. The highest BCUT2D eigenvalue weighted by Gasteiger charge is 2.28. The second-order valence-corrected chi connectivity index (χ2v) is 8.03. The van der Waals surface area contributed by atoms with Crippen molar-refractivity contribution in [2.24, 2.45) is 5.73 Å². The zero-order chi connectivity index (χ0) is 18.5. The van der Waals surface area contributed by atoms with Crippen molar-refractivity contribution in [2.75, 3.05) is 26.2 Å². The van der Waals surface area contributed by atoms with Gasteiger partial charge in [0.15, 0.2) is 0 Å². The van der Waals surface area contributed by atoms with Gasteiger partial charge in [-0.15, -0.1) is 12.4 Å². The number of hydrogen-bond acceptors (Lipinski definition) is 4. The molecule has 0 saturated carbocycles. The number of halogens is 3. The van der Waals surface area contributed by atoms with Crippen LogP contribution < -0.4 is 11.1 Å². The summed E-state index contributed by atoms with van der Waals surface area (Å²) >= 11 is 0. The molecule has 1 aliphatic heterocycles. The van der Waals surface area contributed by atoms with Crippen molar-refractivity contribution < 1.29 is 22.0 Å².